The fourth-order valence-corrected chi connectivity index (χ4v) is 6.28. The first-order chi connectivity index (χ1) is 16.1. The molecule has 1 aliphatic carbocycles. The minimum atomic E-state index is 0.0516. The summed E-state index contributed by atoms with van der Waals surface area (Å²) in [6.07, 6.45) is 10.1. The fraction of sp³-hybridized carbons (Fsp3) is 0.500. The highest BCUT2D eigenvalue weighted by Gasteiger charge is 2.28. The number of aromatic nitrogens is 2. The van der Waals surface area contributed by atoms with Crippen LogP contribution in [0.25, 0.3) is 10.9 Å². The van der Waals surface area contributed by atoms with Crippen molar-refractivity contribution in [2.75, 3.05) is 20.1 Å². The van der Waals surface area contributed by atoms with Gasteiger partial charge in [-0.15, -0.1) is 11.3 Å². The van der Waals surface area contributed by atoms with Gasteiger partial charge in [-0.25, -0.2) is 4.98 Å². The SMILES string of the molecule is CN(C(=O)c1csc(C2CCN(C(=O)Cc3c[nH]c4ccccc34)CC2)n1)C1CCCCC1. The van der Waals surface area contributed by atoms with Gasteiger partial charge in [0.1, 0.15) is 5.69 Å². The highest BCUT2D eigenvalue weighted by molar-refractivity contribution is 7.09. The van der Waals surface area contributed by atoms with E-state index in [1.165, 1.54) is 19.3 Å². The van der Waals surface area contributed by atoms with Crippen molar-refractivity contribution in [1.29, 1.82) is 0 Å². The maximum Gasteiger partial charge on any atom is 0.273 e. The molecule has 0 atom stereocenters. The van der Waals surface area contributed by atoms with E-state index < -0.39 is 0 Å². The van der Waals surface area contributed by atoms with Gasteiger partial charge in [0, 0.05) is 54.6 Å². The fourth-order valence-electron chi connectivity index (χ4n) is 5.32. The van der Waals surface area contributed by atoms with E-state index in [1.807, 2.05) is 46.6 Å². The largest absolute Gasteiger partial charge is 0.361 e. The van der Waals surface area contributed by atoms with Gasteiger partial charge >= 0.3 is 0 Å². The number of carbonyl (C=O) groups excluding carboxylic acids is 2. The molecule has 2 aliphatic rings. The molecule has 1 saturated heterocycles. The predicted octanol–water partition coefficient (Wildman–Crippen LogP) is 4.98. The number of benzene rings is 1. The van der Waals surface area contributed by atoms with Crippen LogP contribution in [0.2, 0.25) is 0 Å². The summed E-state index contributed by atoms with van der Waals surface area (Å²) in [7, 11) is 1.93. The van der Waals surface area contributed by atoms with Crippen LogP contribution in [-0.2, 0) is 11.2 Å². The topological polar surface area (TPSA) is 69.3 Å². The quantitative estimate of drug-likeness (QED) is 0.579. The summed E-state index contributed by atoms with van der Waals surface area (Å²) in [5.74, 6) is 0.562. The second-order valence-electron chi connectivity index (χ2n) is 9.47. The summed E-state index contributed by atoms with van der Waals surface area (Å²) in [6, 6.07) is 8.46. The van der Waals surface area contributed by atoms with E-state index in [0.717, 1.165) is 60.2 Å². The first-order valence-corrected chi connectivity index (χ1v) is 13.0. The zero-order valence-corrected chi connectivity index (χ0v) is 20.1. The predicted molar refractivity (Wildman–Crippen MR) is 132 cm³/mol. The average molecular weight is 465 g/mol. The zero-order chi connectivity index (χ0) is 22.8. The zero-order valence-electron chi connectivity index (χ0n) is 19.3. The normalized spacial score (nSPS) is 18.0. The van der Waals surface area contributed by atoms with Gasteiger partial charge < -0.3 is 14.8 Å². The number of nitrogens with zero attached hydrogens (tertiary/aromatic N) is 3. The molecule has 33 heavy (non-hydrogen) atoms. The summed E-state index contributed by atoms with van der Waals surface area (Å²) in [4.78, 5) is 37.7. The molecule has 1 N–H and O–H groups in total. The molecule has 2 amide bonds. The van der Waals surface area contributed by atoms with E-state index in [0.29, 0.717) is 24.1 Å². The lowest BCUT2D eigenvalue weighted by molar-refractivity contribution is -0.131. The second-order valence-corrected chi connectivity index (χ2v) is 10.4. The second kappa shape index (κ2) is 9.67. The van der Waals surface area contributed by atoms with Crippen LogP contribution in [-0.4, -0.2) is 57.8 Å². The smallest absolute Gasteiger partial charge is 0.273 e. The molecule has 174 valence electrons. The Labute approximate surface area is 199 Å². The third-order valence-corrected chi connectivity index (χ3v) is 8.40. The number of para-hydroxylation sites is 1. The first kappa shape index (κ1) is 22.1. The van der Waals surface area contributed by atoms with Crippen LogP contribution in [0.3, 0.4) is 0 Å². The van der Waals surface area contributed by atoms with Gasteiger partial charge in [0.25, 0.3) is 5.91 Å². The van der Waals surface area contributed by atoms with Crippen LogP contribution in [0.1, 0.15) is 71.9 Å². The van der Waals surface area contributed by atoms with E-state index in [4.69, 9.17) is 4.98 Å². The van der Waals surface area contributed by atoms with Crippen molar-refractivity contribution in [3.63, 3.8) is 0 Å². The highest BCUT2D eigenvalue weighted by Crippen LogP contribution is 2.31. The molecule has 0 unspecified atom stereocenters. The van der Waals surface area contributed by atoms with Gasteiger partial charge in [-0.05, 0) is 37.3 Å². The molecule has 0 bridgehead atoms. The Balaban J connectivity index is 1.16. The summed E-state index contributed by atoms with van der Waals surface area (Å²) in [5, 5.41) is 4.09. The summed E-state index contributed by atoms with van der Waals surface area (Å²) >= 11 is 1.60. The number of fused-ring (bicyclic) bond motifs is 1. The standard InChI is InChI=1S/C26H32N4O2S/c1-29(20-7-3-2-4-8-20)26(32)23-17-33-25(28-23)18-11-13-30(14-12-18)24(31)15-19-16-27-22-10-6-5-9-21(19)22/h5-6,9-10,16-18,20,27H,2-4,7-8,11-15H2,1H3. The van der Waals surface area contributed by atoms with Crippen LogP contribution >= 0.6 is 11.3 Å². The minimum absolute atomic E-state index is 0.0516. The number of nitrogens with one attached hydrogen (secondary N) is 1. The lowest BCUT2D eigenvalue weighted by atomic mass is 9.94. The number of H-pyrrole nitrogens is 1. The van der Waals surface area contributed by atoms with Gasteiger partial charge in [-0.1, -0.05) is 37.5 Å². The molecule has 7 heteroatoms. The monoisotopic (exact) mass is 464 g/mol. The summed E-state index contributed by atoms with van der Waals surface area (Å²) < 4.78 is 0. The molecular formula is C26H32N4O2S. The third-order valence-electron chi connectivity index (χ3n) is 7.40. The number of carbonyl (C=O) groups is 2. The van der Waals surface area contributed by atoms with Crippen molar-refractivity contribution in [3.05, 3.63) is 52.1 Å². The van der Waals surface area contributed by atoms with Crippen LogP contribution in [0.5, 0.6) is 0 Å². The molecule has 1 saturated carbocycles. The van der Waals surface area contributed by atoms with Crippen molar-refractivity contribution >= 4 is 34.1 Å². The Hall–Kier alpha value is -2.67. The molecule has 3 heterocycles. The van der Waals surface area contributed by atoms with E-state index in [2.05, 4.69) is 11.1 Å². The Morgan fingerprint density at radius 1 is 1.12 bits per heavy atom. The Bertz CT molecular complexity index is 1120. The van der Waals surface area contributed by atoms with E-state index in [-0.39, 0.29) is 11.8 Å². The lowest BCUT2D eigenvalue weighted by Crippen LogP contribution is -2.39. The molecule has 3 aromatic rings. The highest BCUT2D eigenvalue weighted by atomic mass is 32.1. The molecule has 1 aromatic carbocycles. The third kappa shape index (κ3) is 4.69. The molecule has 1 aliphatic heterocycles. The van der Waals surface area contributed by atoms with E-state index in [1.54, 1.807) is 11.3 Å². The van der Waals surface area contributed by atoms with Crippen LogP contribution in [0.15, 0.2) is 35.8 Å². The lowest BCUT2D eigenvalue weighted by Gasteiger charge is -2.31. The number of rotatable bonds is 5. The number of thiazole rings is 1. The van der Waals surface area contributed by atoms with E-state index >= 15 is 0 Å². The average Bonchev–Trinajstić information content (AvgIpc) is 3.52. The molecule has 0 spiro atoms. The number of hydrogen-bond donors (Lipinski definition) is 1. The summed E-state index contributed by atoms with van der Waals surface area (Å²) in [5.41, 5.74) is 2.71. The van der Waals surface area contributed by atoms with Crippen molar-refractivity contribution < 1.29 is 9.59 Å². The Morgan fingerprint density at radius 2 is 1.88 bits per heavy atom. The van der Waals surface area contributed by atoms with Crippen LogP contribution < -0.4 is 0 Å². The van der Waals surface area contributed by atoms with Gasteiger partial charge in [0.15, 0.2) is 0 Å². The molecule has 0 radical (unpaired) electrons. The molecule has 2 fully saturated rings. The first-order valence-electron chi connectivity index (χ1n) is 12.2. The van der Waals surface area contributed by atoms with E-state index in [9.17, 15) is 9.59 Å². The number of amides is 2. The number of likely N-dealkylation sites (tertiary alicyclic amines) is 1. The molecule has 6 nitrogen and oxygen atoms in total. The van der Waals surface area contributed by atoms with Gasteiger partial charge in [-0.2, -0.15) is 0 Å². The van der Waals surface area contributed by atoms with Crippen molar-refractivity contribution in [3.8, 4) is 0 Å². The van der Waals surface area contributed by atoms with Crippen molar-refractivity contribution in [2.45, 2.75) is 63.3 Å². The molecular weight excluding hydrogens is 432 g/mol. The van der Waals surface area contributed by atoms with Crippen LogP contribution in [0, 0.1) is 0 Å². The van der Waals surface area contributed by atoms with Gasteiger partial charge in [0.2, 0.25) is 5.91 Å². The van der Waals surface area contributed by atoms with Crippen LogP contribution in [0.4, 0.5) is 0 Å². The maximum atomic E-state index is 12.9. The maximum absolute atomic E-state index is 12.9. The van der Waals surface area contributed by atoms with Gasteiger partial charge in [0.05, 0.1) is 11.4 Å². The van der Waals surface area contributed by atoms with Gasteiger partial charge in [-0.3, -0.25) is 9.59 Å². The molecule has 5 rings (SSSR count). The number of aromatic amines is 1. The summed E-state index contributed by atoms with van der Waals surface area (Å²) in [6.45, 7) is 1.49. The Morgan fingerprint density at radius 3 is 2.67 bits per heavy atom. The number of piperidine rings is 1. The Kier molecular flexibility index (Phi) is 6.49. The van der Waals surface area contributed by atoms with Crippen molar-refractivity contribution in [1.82, 2.24) is 19.8 Å². The molecule has 2 aromatic heterocycles. The van der Waals surface area contributed by atoms with Crippen molar-refractivity contribution in [2.24, 2.45) is 0 Å². The minimum Gasteiger partial charge on any atom is -0.361 e. The number of hydrogen-bond acceptors (Lipinski definition) is 4.